The predicted octanol–water partition coefficient (Wildman–Crippen LogP) is 0.0662. The molecule has 1 saturated heterocycles. The zero-order valence-electron chi connectivity index (χ0n) is 7.40. The number of carbonyl (C=O) groups excluding carboxylic acids is 1. The van der Waals surface area contributed by atoms with E-state index in [4.69, 9.17) is 11.6 Å². The SMILES string of the molecule is O=C1CN(c2ncc(Cl)cn2)CCN1. The first-order valence-electron chi connectivity index (χ1n) is 4.25. The van der Waals surface area contributed by atoms with Crippen molar-refractivity contribution in [2.75, 3.05) is 24.5 Å². The van der Waals surface area contributed by atoms with Crippen LogP contribution in [0, 0.1) is 0 Å². The molecule has 0 spiro atoms. The van der Waals surface area contributed by atoms with Gasteiger partial charge in [-0.25, -0.2) is 9.97 Å². The van der Waals surface area contributed by atoms with Crippen molar-refractivity contribution >= 4 is 23.5 Å². The number of nitrogens with zero attached hydrogens (tertiary/aromatic N) is 3. The largest absolute Gasteiger partial charge is 0.353 e. The molecule has 0 unspecified atom stereocenters. The Morgan fingerprint density at radius 3 is 2.79 bits per heavy atom. The Bertz CT molecular complexity index is 340. The molecule has 74 valence electrons. The second-order valence-corrected chi connectivity index (χ2v) is 3.41. The van der Waals surface area contributed by atoms with Gasteiger partial charge >= 0.3 is 0 Å². The van der Waals surface area contributed by atoms with Gasteiger partial charge < -0.3 is 10.2 Å². The Labute approximate surface area is 86.1 Å². The van der Waals surface area contributed by atoms with Crippen LogP contribution in [0.25, 0.3) is 0 Å². The number of halogens is 1. The van der Waals surface area contributed by atoms with Crippen LogP contribution in [-0.4, -0.2) is 35.5 Å². The molecular weight excluding hydrogens is 204 g/mol. The fourth-order valence-corrected chi connectivity index (χ4v) is 1.38. The van der Waals surface area contributed by atoms with Gasteiger partial charge in [0.1, 0.15) is 0 Å². The minimum Gasteiger partial charge on any atom is -0.353 e. The van der Waals surface area contributed by atoms with Crippen molar-refractivity contribution in [1.29, 1.82) is 0 Å². The lowest BCUT2D eigenvalue weighted by atomic mass is 10.4. The summed E-state index contributed by atoms with van der Waals surface area (Å²) in [5, 5.41) is 3.23. The molecule has 0 bridgehead atoms. The van der Waals surface area contributed by atoms with Gasteiger partial charge in [-0.3, -0.25) is 4.79 Å². The van der Waals surface area contributed by atoms with Gasteiger partial charge in [0.25, 0.3) is 0 Å². The molecule has 1 fully saturated rings. The third-order valence-electron chi connectivity index (χ3n) is 1.93. The van der Waals surface area contributed by atoms with E-state index in [2.05, 4.69) is 15.3 Å². The molecule has 6 heteroatoms. The molecule has 1 N–H and O–H groups in total. The predicted molar refractivity (Wildman–Crippen MR) is 52.3 cm³/mol. The zero-order valence-corrected chi connectivity index (χ0v) is 8.16. The quantitative estimate of drug-likeness (QED) is 0.716. The molecule has 1 aliphatic heterocycles. The Hall–Kier alpha value is -1.36. The van der Waals surface area contributed by atoms with Crippen LogP contribution in [0.1, 0.15) is 0 Å². The first-order chi connectivity index (χ1) is 6.75. The summed E-state index contributed by atoms with van der Waals surface area (Å²) in [5.41, 5.74) is 0. The van der Waals surface area contributed by atoms with Crippen molar-refractivity contribution in [1.82, 2.24) is 15.3 Å². The van der Waals surface area contributed by atoms with Crippen molar-refractivity contribution in [2.45, 2.75) is 0 Å². The first-order valence-corrected chi connectivity index (χ1v) is 4.63. The van der Waals surface area contributed by atoms with Gasteiger partial charge in [-0.2, -0.15) is 0 Å². The molecule has 2 heterocycles. The maximum Gasteiger partial charge on any atom is 0.239 e. The molecule has 0 saturated carbocycles. The molecule has 1 aromatic heterocycles. The van der Waals surface area contributed by atoms with E-state index >= 15 is 0 Å². The van der Waals surface area contributed by atoms with Crippen molar-refractivity contribution in [3.8, 4) is 0 Å². The molecule has 2 rings (SSSR count). The minimum atomic E-state index is -0.00481. The topological polar surface area (TPSA) is 58.1 Å². The van der Waals surface area contributed by atoms with Crippen LogP contribution in [0.5, 0.6) is 0 Å². The average molecular weight is 213 g/mol. The second kappa shape index (κ2) is 3.79. The van der Waals surface area contributed by atoms with Crippen LogP contribution >= 0.6 is 11.6 Å². The van der Waals surface area contributed by atoms with Crippen molar-refractivity contribution in [3.05, 3.63) is 17.4 Å². The molecule has 5 nitrogen and oxygen atoms in total. The molecule has 14 heavy (non-hydrogen) atoms. The van der Waals surface area contributed by atoms with Crippen LogP contribution in [0.2, 0.25) is 5.02 Å². The van der Waals surface area contributed by atoms with Crippen LogP contribution in [0.4, 0.5) is 5.95 Å². The Morgan fingerprint density at radius 1 is 1.43 bits per heavy atom. The molecule has 0 aromatic carbocycles. The van der Waals surface area contributed by atoms with Gasteiger partial charge in [0.15, 0.2) is 0 Å². The van der Waals surface area contributed by atoms with Gasteiger partial charge in [0.05, 0.1) is 24.0 Å². The maximum atomic E-state index is 11.1. The number of rotatable bonds is 1. The summed E-state index contributed by atoms with van der Waals surface area (Å²) < 4.78 is 0. The summed E-state index contributed by atoms with van der Waals surface area (Å²) in [5.74, 6) is 0.541. The lowest BCUT2D eigenvalue weighted by Crippen LogP contribution is -2.48. The summed E-state index contributed by atoms with van der Waals surface area (Å²) in [4.78, 5) is 21.0. The number of amides is 1. The number of hydrogen-bond acceptors (Lipinski definition) is 4. The third kappa shape index (κ3) is 1.93. The van der Waals surface area contributed by atoms with Crippen LogP contribution < -0.4 is 10.2 Å². The molecule has 1 aliphatic rings. The lowest BCUT2D eigenvalue weighted by Gasteiger charge is -2.26. The highest BCUT2D eigenvalue weighted by molar-refractivity contribution is 6.30. The van der Waals surface area contributed by atoms with Crippen molar-refractivity contribution < 1.29 is 4.79 Å². The highest BCUT2D eigenvalue weighted by atomic mass is 35.5. The Kier molecular flexibility index (Phi) is 2.49. The molecular formula is C8H9ClN4O. The van der Waals surface area contributed by atoms with Gasteiger partial charge in [-0.15, -0.1) is 0 Å². The monoisotopic (exact) mass is 212 g/mol. The normalized spacial score (nSPS) is 16.6. The van der Waals surface area contributed by atoms with E-state index in [1.165, 1.54) is 12.4 Å². The van der Waals surface area contributed by atoms with Crippen LogP contribution in [0.15, 0.2) is 12.4 Å². The summed E-state index contributed by atoms with van der Waals surface area (Å²) in [6.07, 6.45) is 3.05. The fourth-order valence-electron chi connectivity index (χ4n) is 1.28. The van der Waals surface area contributed by atoms with E-state index in [0.717, 1.165) is 6.54 Å². The molecule has 1 aromatic rings. The Morgan fingerprint density at radius 2 is 2.14 bits per heavy atom. The van der Waals surface area contributed by atoms with Gasteiger partial charge in [0, 0.05) is 13.1 Å². The molecule has 0 aliphatic carbocycles. The van der Waals surface area contributed by atoms with E-state index in [-0.39, 0.29) is 5.91 Å². The Balaban J connectivity index is 2.14. The fraction of sp³-hybridized carbons (Fsp3) is 0.375. The standard InChI is InChI=1S/C8H9ClN4O/c9-6-3-11-8(12-4-6)13-2-1-10-7(14)5-13/h3-4H,1-2,5H2,(H,10,14). The summed E-state index contributed by atoms with van der Waals surface area (Å²) in [6.45, 7) is 1.67. The minimum absolute atomic E-state index is 0.00481. The number of aromatic nitrogens is 2. The smallest absolute Gasteiger partial charge is 0.239 e. The number of carbonyl (C=O) groups is 1. The summed E-state index contributed by atoms with van der Waals surface area (Å²) >= 11 is 5.66. The number of piperazine rings is 1. The van der Waals surface area contributed by atoms with Gasteiger partial charge in [-0.1, -0.05) is 11.6 Å². The highest BCUT2D eigenvalue weighted by Gasteiger charge is 2.17. The van der Waals surface area contributed by atoms with Gasteiger partial charge in [0.2, 0.25) is 11.9 Å². The van der Waals surface area contributed by atoms with Crippen molar-refractivity contribution in [2.24, 2.45) is 0 Å². The summed E-state index contributed by atoms with van der Waals surface area (Å²) in [6, 6.07) is 0. The van der Waals surface area contributed by atoms with E-state index in [1.54, 1.807) is 0 Å². The number of nitrogens with one attached hydrogen (secondary N) is 1. The lowest BCUT2D eigenvalue weighted by molar-refractivity contribution is -0.120. The average Bonchev–Trinajstić information content (AvgIpc) is 2.19. The first kappa shape index (κ1) is 9.21. The number of anilines is 1. The summed E-state index contributed by atoms with van der Waals surface area (Å²) in [7, 11) is 0. The van der Waals surface area contributed by atoms with Gasteiger partial charge in [-0.05, 0) is 0 Å². The number of hydrogen-bond donors (Lipinski definition) is 1. The van der Waals surface area contributed by atoms with E-state index < -0.39 is 0 Å². The van der Waals surface area contributed by atoms with E-state index in [9.17, 15) is 4.79 Å². The van der Waals surface area contributed by atoms with Crippen LogP contribution in [-0.2, 0) is 4.79 Å². The zero-order chi connectivity index (χ0) is 9.97. The van der Waals surface area contributed by atoms with E-state index in [1.807, 2.05) is 4.90 Å². The third-order valence-corrected chi connectivity index (χ3v) is 2.12. The molecule has 0 radical (unpaired) electrons. The molecule has 0 atom stereocenters. The highest BCUT2D eigenvalue weighted by Crippen LogP contribution is 2.10. The second-order valence-electron chi connectivity index (χ2n) is 2.97. The van der Waals surface area contributed by atoms with E-state index in [0.29, 0.717) is 24.1 Å². The molecule has 1 amide bonds. The van der Waals surface area contributed by atoms with Crippen LogP contribution in [0.3, 0.4) is 0 Å². The maximum absolute atomic E-state index is 11.1. The van der Waals surface area contributed by atoms with Crippen molar-refractivity contribution in [3.63, 3.8) is 0 Å².